The van der Waals surface area contributed by atoms with Gasteiger partial charge in [0.25, 0.3) is 5.56 Å². The average molecular weight is 414 g/mol. The van der Waals surface area contributed by atoms with E-state index in [0.29, 0.717) is 29.8 Å². The standard InChI is InChI=1S/C24H19N3O2S/c1-26-18-11-6-5-10-17(18)21(28)20-23(26)25-22(19-12-7-15-30-19)27(24(20)29)14-13-16-8-3-2-4-9-16/h2-12,15H,13-14H2,1H3. The van der Waals surface area contributed by atoms with Gasteiger partial charge in [-0.1, -0.05) is 48.5 Å². The molecule has 0 saturated carbocycles. The molecule has 0 aliphatic carbocycles. The summed E-state index contributed by atoms with van der Waals surface area (Å²) in [6.07, 6.45) is 0.681. The number of aromatic nitrogens is 3. The topological polar surface area (TPSA) is 56.9 Å². The minimum Gasteiger partial charge on any atom is -0.328 e. The Morgan fingerprint density at radius 3 is 2.47 bits per heavy atom. The fourth-order valence-electron chi connectivity index (χ4n) is 3.88. The van der Waals surface area contributed by atoms with Crippen LogP contribution in [0.1, 0.15) is 5.56 Å². The van der Waals surface area contributed by atoms with Crippen LogP contribution in [0.15, 0.2) is 81.7 Å². The lowest BCUT2D eigenvalue weighted by Gasteiger charge is -2.15. The summed E-state index contributed by atoms with van der Waals surface area (Å²) in [7, 11) is 1.85. The molecule has 0 N–H and O–H groups in total. The number of hydrogen-bond acceptors (Lipinski definition) is 4. The second-order valence-electron chi connectivity index (χ2n) is 7.21. The number of nitrogens with zero attached hydrogens (tertiary/aromatic N) is 3. The summed E-state index contributed by atoms with van der Waals surface area (Å²) in [4.78, 5) is 32.6. The SMILES string of the molecule is Cn1c2ccccc2c(=O)c2c(=O)n(CCc3ccccc3)c(-c3cccs3)nc21. The smallest absolute Gasteiger partial charge is 0.267 e. The second-order valence-corrected chi connectivity index (χ2v) is 8.16. The molecule has 3 aromatic heterocycles. The van der Waals surface area contributed by atoms with E-state index in [1.165, 1.54) is 11.3 Å². The Bertz CT molecular complexity index is 1480. The van der Waals surface area contributed by atoms with Crippen molar-refractivity contribution >= 4 is 33.3 Å². The van der Waals surface area contributed by atoms with E-state index in [9.17, 15) is 9.59 Å². The zero-order chi connectivity index (χ0) is 20.7. The minimum absolute atomic E-state index is 0.143. The third kappa shape index (κ3) is 2.97. The fraction of sp³-hybridized carbons (Fsp3) is 0.125. The van der Waals surface area contributed by atoms with Crippen molar-refractivity contribution in [2.24, 2.45) is 7.05 Å². The minimum atomic E-state index is -0.286. The molecule has 3 heterocycles. The van der Waals surface area contributed by atoms with E-state index in [4.69, 9.17) is 4.98 Å². The van der Waals surface area contributed by atoms with Crippen LogP contribution >= 0.6 is 11.3 Å². The molecule has 0 aliphatic heterocycles. The predicted molar refractivity (Wildman–Crippen MR) is 122 cm³/mol. The van der Waals surface area contributed by atoms with Gasteiger partial charge in [-0.3, -0.25) is 14.2 Å². The highest BCUT2D eigenvalue weighted by Gasteiger charge is 2.19. The van der Waals surface area contributed by atoms with Crippen molar-refractivity contribution in [2.75, 3.05) is 0 Å². The van der Waals surface area contributed by atoms with E-state index in [-0.39, 0.29) is 16.4 Å². The molecule has 148 valence electrons. The lowest BCUT2D eigenvalue weighted by molar-refractivity contribution is 0.670. The Morgan fingerprint density at radius 1 is 0.933 bits per heavy atom. The maximum Gasteiger partial charge on any atom is 0.267 e. The molecule has 0 radical (unpaired) electrons. The van der Waals surface area contributed by atoms with Crippen LogP contribution in [-0.4, -0.2) is 14.1 Å². The van der Waals surface area contributed by atoms with Crippen molar-refractivity contribution in [1.29, 1.82) is 0 Å². The van der Waals surface area contributed by atoms with Gasteiger partial charge in [-0.15, -0.1) is 11.3 Å². The number of benzene rings is 2. The molecule has 0 spiro atoms. The van der Waals surface area contributed by atoms with Crippen LogP contribution in [0.2, 0.25) is 0 Å². The van der Waals surface area contributed by atoms with Crippen LogP contribution in [0.3, 0.4) is 0 Å². The summed E-state index contributed by atoms with van der Waals surface area (Å²) < 4.78 is 3.49. The first kappa shape index (κ1) is 18.5. The highest BCUT2D eigenvalue weighted by atomic mass is 32.1. The van der Waals surface area contributed by atoms with Crippen LogP contribution in [0, 0.1) is 0 Å². The van der Waals surface area contributed by atoms with Crippen molar-refractivity contribution in [3.8, 4) is 10.7 Å². The monoisotopic (exact) mass is 413 g/mol. The molecule has 5 rings (SSSR count). The zero-order valence-electron chi connectivity index (χ0n) is 16.4. The molecule has 0 atom stereocenters. The van der Waals surface area contributed by atoms with Gasteiger partial charge in [0.05, 0.1) is 10.4 Å². The van der Waals surface area contributed by atoms with Crippen LogP contribution in [0.25, 0.3) is 32.6 Å². The van der Waals surface area contributed by atoms with E-state index >= 15 is 0 Å². The number of fused-ring (bicyclic) bond motifs is 2. The van der Waals surface area contributed by atoms with E-state index in [2.05, 4.69) is 0 Å². The molecule has 0 fully saturated rings. The Morgan fingerprint density at radius 2 is 1.70 bits per heavy atom. The van der Waals surface area contributed by atoms with E-state index in [0.717, 1.165) is 16.0 Å². The van der Waals surface area contributed by atoms with Gasteiger partial charge in [0.2, 0.25) is 5.43 Å². The quantitative estimate of drug-likeness (QED) is 0.415. The molecule has 5 aromatic rings. The van der Waals surface area contributed by atoms with Gasteiger partial charge in [0, 0.05) is 19.0 Å². The molecule has 30 heavy (non-hydrogen) atoms. The average Bonchev–Trinajstić information content (AvgIpc) is 3.32. The highest BCUT2D eigenvalue weighted by Crippen LogP contribution is 2.24. The lowest BCUT2D eigenvalue weighted by atomic mass is 10.1. The number of thiophene rings is 1. The van der Waals surface area contributed by atoms with Gasteiger partial charge in [-0.25, -0.2) is 4.98 Å². The summed E-state index contributed by atoms with van der Waals surface area (Å²) in [5.74, 6) is 0.601. The maximum atomic E-state index is 13.6. The normalized spacial score (nSPS) is 11.4. The molecular weight excluding hydrogens is 394 g/mol. The highest BCUT2D eigenvalue weighted by molar-refractivity contribution is 7.13. The van der Waals surface area contributed by atoms with Gasteiger partial charge in [-0.2, -0.15) is 0 Å². The summed E-state index contributed by atoms with van der Waals surface area (Å²) in [6.45, 7) is 0.453. The largest absolute Gasteiger partial charge is 0.328 e. The number of pyridine rings is 1. The van der Waals surface area contributed by atoms with Gasteiger partial charge >= 0.3 is 0 Å². The zero-order valence-corrected chi connectivity index (χ0v) is 17.2. The molecular formula is C24H19N3O2S. The number of hydrogen-bond donors (Lipinski definition) is 0. The predicted octanol–water partition coefficient (Wildman–Crippen LogP) is 4.22. The summed E-state index contributed by atoms with van der Waals surface area (Å²) in [5.41, 5.74) is 1.77. The Balaban J connectivity index is 1.81. The fourth-order valence-corrected chi connectivity index (χ4v) is 4.60. The molecule has 2 aromatic carbocycles. The van der Waals surface area contributed by atoms with Crippen LogP contribution in [-0.2, 0) is 20.0 Å². The van der Waals surface area contributed by atoms with Gasteiger partial charge < -0.3 is 4.57 Å². The molecule has 0 amide bonds. The molecule has 6 heteroatoms. The van der Waals surface area contributed by atoms with Crippen molar-refractivity contribution in [3.63, 3.8) is 0 Å². The van der Waals surface area contributed by atoms with Crippen LogP contribution < -0.4 is 11.0 Å². The summed E-state index contributed by atoms with van der Waals surface area (Å²) in [6, 6.07) is 21.3. The Kier molecular flexibility index (Phi) is 4.56. The molecule has 5 nitrogen and oxygen atoms in total. The third-order valence-corrected chi connectivity index (χ3v) is 6.28. The maximum absolute atomic E-state index is 13.6. The number of para-hydroxylation sites is 1. The Labute approximate surface area is 176 Å². The van der Waals surface area contributed by atoms with E-state index in [1.54, 1.807) is 10.6 Å². The molecule has 0 aliphatic rings. The Hall–Kier alpha value is -3.51. The second kappa shape index (κ2) is 7.39. The first-order valence-electron chi connectivity index (χ1n) is 9.75. The van der Waals surface area contributed by atoms with E-state index in [1.807, 2.05) is 77.7 Å². The van der Waals surface area contributed by atoms with Crippen molar-refractivity contribution in [2.45, 2.75) is 13.0 Å². The van der Waals surface area contributed by atoms with E-state index < -0.39 is 0 Å². The molecule has 0 bridgehead atoms. The van der Waals surface area contributed by atoms with Crippen molar-refractivity contribution in [3.05, 3.63) is 98.3 Å². The van der Waals surface area contributed by atoms with Crippen LogP contribution in [0.4, 0.5) is 0 Å². The molecule has 0 saturated heterocycles. The number of rotatable bonds is 4. The first-order chi connectivity index (χ1) is 14.6. The van der Waals surface area contributed by atoms with Crippen molar-refractivity contribution in [1.82, 2.24) is 14.1 Å². The summed E-state index contributed by atoms with van der Waals surface area (Å²) in [5, 5.41) is 2.64. The van der Waals surface area contributed by atoms with Gasteiger partial charge in [-0.05, 0) is 35.6 Å². The van der Waals surface area contributed by atoms with Gasteiger partial charge in [0.15, 0.2) is 11.5 Å². The number of aryl methyl sites for hydroxylation is 2. The lowest BCUT2D eigenvalue weighted by Crippen LogP contribution is -2.29. The third-order valence-electron chi connectivity index (χ3n) is 5.41. The summed E-state index contributed by atoms with van der Waals surface area (Å²) >= 11 is 1.53. The first-order valence-corrected chi connectivity index (χ1v) is 10.6. The van der Waals surface area contributed by atoms with Crippen molar-refractivity contribution < 1.29 is 0 Å². The van der Waals surface area contributed by atoms with Crippen LogP contribution in [0.5, 0.6) is 0 Å². The molecule has 0 unspecified atom stereocenters. The van der Waals surface area contributed by atoms with Gasteiger partial charge in [0.1, 0.15) is 5.39 Å².